The van der Waals surface area contributed by atoms with Gasteiger partial charge in [-0.2, -0.15) is 0 Å². The fourth-order valence-electron chi connectivity index (χ4n) is 2.60. The number of nitrogens with zero attached hydrogens (tertiary/aromatic N) is 1. The molecule has 0 amide bonds. The Morgan fingerprint density at radius 2 is 2.00 bits per heavy atom. The molecule has 28 heavy (non-hydrogen) atoms. The highest BCUT2D eigenvalue weighted by atomic mass is 35.5. The normalized spacial score (nSPS) is 14.8. The van der Waals surface area contributed by atoms with Crippen molar-refractivity contribution in [2.45, 2.75) is 20.3 Å². The molecule has 1 aliphatic heterocycles. The Hall–Kier alpha value is -2.86. The molecular weight excluding hydrogens is 385 g/mol. The Labute approximate surface area is 167 Å². The molecule has 0 aliphatic carbocycles. The van der Waals surface area contributed by atoms with E-state index >= 15 is 0 Å². The van der Waals surface area contributed by atoms with Crippen LogP contribution in [0.3, 0.4) is 0 Å². The van der Waals surface area contributed by atoms with Gasteiger partial charge in [0.15, 0.2) is 17.2 Å². The zero-order valence-electron chi connectivity index (χ0n) is 15.5. The van der Waals surface area contributed by atoms with Crippen molar-refractivity contribution in [1.29, 1.82) is 0 Å². The molecule has 1 aliphatic rings. The van der Waals surface area contributed by atoms with Gasteiger partial charge < -0.3 is 14.2 Å². The van der Waals surface area contributed by atoms with E-state index < -0.39 is 11.8 Å². The van der Waals surface area contributed by atoms with E-state index in [4.69, 9.17) is 25.8 Å². The van der Waals surface area contributed by atoms with Crippen LogP contribution in [0.25, 0.3) is 6.08 Å². The van der Waals surface area contributed by atoms with Crippen LogP contribution in [0.15, 0.2) is 47.1 Å². The van der Waals surface area contributed by atoms with Crippen LogP contribution in [0.5, 0.6) is 11.5 Å². The van der Waals surface area contributed by atoms with Gasteiger partial charge in [-0.15, -0.1) is 0 Å². The molecule has 0 saturated carbocycles. The minimum Gasteiger partial charge on any atom is -0.490 e. The highest BCUT2D eigenvalue weighted by molar-refractivity contribution is 6.32. The van der Waals surface area contributed by atoms with Crippen LogP contribution >= 0.6 is 11.6 Å². The summed E-state index contributed by atoms with van der Waals surface area (Å²) in [6.45, 7) is 4.77. The first-order chi connectivity index (χ1) is 13.5. The van der Waals surface area contributed by atoms with E-state index in [-0.39, 0.29) is 17.2 Å². The molecule has 7 heteroatoms. The fraction of sp³-hybridized carbons (Fsp3) is 0.238. The van der Waals surface area contributed by atoms with Crippen LogP contribution in [0.4, 0.5) is 4.39 Å². The Bertz CT molecular complexity index is 955. The fourth-order valence-corrected chi connectivity index (χ4v) is 2.87. The van der Waals surface area contributed by atoms with E-state index in [9.17, 15) is 9.18 Å². The van der Waals surface area contributed by atoms with Crippen LogP contribution in [-0.2, 0) is 9.53 Å². The summed E-state index contributed by atoms with van der Waals surface area (Å²) in [6, 6.07) is 9.31. The van der Waals surface area contributed by atoms with Crippen molar-refractivity contribution in [2.24, 2.45) is 4.99 Å². The van der Waals surface area contributed by atoms with Gasteiger partial charge in [-0.3, -0.25) is 0 Å². The van der Waals surface area contributed by atoms with E-state index in [1.54, 1.807) is 24.3 Å². The van der Waals surface area contributed by atoms with Crippen LogP contribution in [0.1, 0.15) is 31.4 Å². The second kappa shape index (κ2) is 8.89. The van der Waals surface area contributed by atoms with Crippen LogP contribution < -0.4 is 9.47 Å². The maximum atomic E-state index is 13.9. The third-order valence-corrected chi connectivity index (χ3v) is 4.09. The highest BCUT2D eigenvalue weighted by Gasteiger charge is 2.26. The van der Waals surface area contributed by atoms with Gasteiger partial charge in [-0.1, -0.05) is 30.7 Å². The number of halogens is 2. The summed E-state index contributed by atoms with van der Waals surface area (Å²) in [7, 11) is 0. The summed E-state index contributed by atoms with van der Waals surface area (Å²) < 4.78 is 30.3. The number of rotatable bonds is 7. The number of cyclic esters (lactones) is 1. The largest absolute Gasteiger partial charge is 0.490 e. The average Bonchev–Trinajstić information content (AvgIpc) is 3.02. The zero-order chi connectivity index (χ0) is 20.1. The standard InChI is InChI=1S/C21H19ClFNO4/c1-3-9-27-19-15(22)10-13(12-18(19)26-4-2)11-17-21(25)28-20(24-17)14-7-5-6-8-16(14)23/h5-8,10-12H,3-4,9H2,1-2H3/b17-11-. The molecule has 2 aromatic rings. The lowest BCUT2D eigenvalue weighted by molar-refractivity contribution is -0.129. The van der Waals surface area contributed by atoms with E-state index in [0.717, 1.165) is 6.42 Å². The van der Waals surface area contributed by atoms with E-state index in [0.29, 0.717) is 35.3 Å². The van der Waals surface area contributed by atoms with Gasteiger partial charge in [0.1, 0.15) is 5.82 Å². The Morgan fingerprint density at radius 3 is 2.71 bits per heavy atom. The second-order valence-electron chi connectivity index (χ2n) is 5.93. The number of carbonyl (C=O) groups excluding carboxylic acids is 1. The second-order valence-corrected chi connectivity index (χ2v) is 6.33. The van der Waals surface area contributed by atoms with Crippen molar-refractivity contribution < 1.29 is 23.4 Å². The van der Waals surface area contributed by atoms with Gasteiger partial charge in [-0.05, 0) is 49.2 Å². The van der Waals surface area contributed by atoms with E-state index in [2.05, 4.69) is 4.99 Å². The molecule has 0 spiro atoms. The van der Waals surface area contributed by atoms with Gasteiger partial charge in [0.05, 0.1) is 23.8 Å². The number of hydrogen-bond acceptors (Lipinski definition) is 5. The average molecular weight is 404 g/mol. The lowest BCUT2D eigenvalue weighted by Gasteiger charge is -2.14. The molecule has 0 atom stereocenters. The molecule has 1 heterocycles. The molecule has 0 bridgehead atoms. The summed E-state index contributed by atoms with van der Waals surface area (Å²) >= 11 is 6.34. The monoisotopic (exact) mass is 403 g/mol. The number of hydrogen-bond donors (Lipinski definition) is 0. The number of aliphatic imine (C=N–C) groups is 1. The predicted molar refractivity (Wildman–Crippen MR) is 105 cm³/mol. The summed E-state index contributed by atoms with van der Waals surface area (Å²) in [6.07, 6.45) is 2.33. The first kappa shape index (κ1) is 19.9. The molecule has 0 N–H and O–H groups in total. The quantitative estimate of drug-likeness (QED) is 0.481. The molecule has 0 fully saturated rings. The van der Waals surface area contributed by atoms with Crippen molar-refractivity contribution in [3.63, 3.8) is 0 Å². The highest BCUT2D eigenvalue weighted by Crippen LogP contribution is 2.37. The van der Waals surface area contributed by atoms with Gasteiger partial charge in [0, 0.05) is 0 Å². The van der Waals surface area contributed by atoms with Crippen LogP contribution in [0, 0.1) is 5.82 Å². The van der Waals surface area contributed by atoms with Gasteiger partial charge in [0.25, 0.3) is 0 Å². The first-order valence-electron chi connectivity index (χ1n) is 8.90. The molecule has 2 aromatic carbocycles. The molecule has 5 nitrogen and oxygen atoms in total. The molecular formula is C21H19ClFNO4. The van der Waals surface area contributed by atoms with Gasteiger partial charge >= 0.3 is 5.97 Å². The van der Waals surface area contributed by atoms with Crippen LogP contribution in [-0.4, -0.2) is 25.1 Å². The number of esters is 1. The number of carbonyl (C=O) groups is 1. The summed E-state index contributed by atoms with van der Waals surface area (Å²) in [5.41, 5.74) is 0.748. The zero-order valence-corrected chi connectivity index (χ0v) is 16.3. The Kier molecular flexibility index (Phi) is 6.31. The summed E-state index contributed by atoms with van der Waals surface area (Å²) in [5.74, 6) is -0.335. The van der Waals surface area contributed by atoms with E-state index in [1.165, 1.54) is 18.2 Å². The smallest absolute Gasteiger partial charge is 0.363 e. The number of ether oxygens (including phenoxy) is 3. The molecule has 0 aromatic heterocycles. The molecule has 3 rings (SSSR count). The SMILES string of the molecule is CCCOc1c(Cl)cc(/C=C2\N=C(c3ccccc3F)OC2=O)cc1OCC. The van der Waals surface area contributed by atoms with Crippen molar-refractivity contribution in [3.05, 3.63) is 64.1 Å². The van der Waals surface area contributed by atoms with Gasteiger partial charge in [-0.25, -0.2) is 14.2 Å². The Morgan fingerprint density at radius 1 is 1.21 bits per heavy atom. The lowest BCUT2D eigenvalue weighted by Crippen LogP contribution is -2.07. The van der Waals surface area contributed by atoms with Crippen molar-refractivity contribution in [3.8, 4) is 11.5 Å². The molecule has 0 radical (unpaired) electrons. The third-order valence-electron chi connectivity index (χ3n) is 3.81. The molecule has 146 valence electrons. The van der Waals surface area contributed by atoms with Crippen molar-refractivity contribution >= 4 is 29.5 Å². The van der Waals surface area contributed by atoms with Gasteiger partial charge in [0.2, 0.25) is 5.90 Å². The third kappa shape index (κ3) is 4.34. The van der Waals surface area contributed by atoms with Crippen molar-refractivity contribution in [1.82, 2.24) is 0 Å². The molecule has 0 unspecified atom stereocenters. The molecule has 0 saturated heterocycles. The maximum absolute atomic E-state index is 13.9. The minimum absolute atomic E-state index is 0.0407. The minimum atomic E-state index is -0.668. The van der Waals surface area contributed by atoms with E-state index in [1.807, 2.05) is 13.8 Å². The topological polar surface area (TPSA) is 57.1 Å². The number of benzene rings is 2. The predicted octanol–water partition coefficient (Wildman–Crippen LogP) is 5.01. The first-order valence-corrected chi connectivity index (χ1v) is 9.27. The lowest BCUT2D eigenvalue weighted by atomic mass is 10.1. The van der Waals surface area contributed by atoms with Crippen molar-refractivity contribution in [2.75, 3.05) is 13.2 Å². The maximum Gasteiger partial charge on any atom is 0.363 e. The van der Waals surface area contributed by atoms with Crippen LogP contribution in [0.2, 0.25) is 5.02 Å². The summed E-state index contributed by atoms with van der Waals surface area (Å²) in [4.78, 5) is 16.3. The Balaban J connectivity index is 1.96. The summed E-state index contributed by atoms with van der Waals surface area (Å²) in [5, 5.41) is 0.357.